The Balaban J connectivity index is 2.48. The van der Waals surface area contributed by atoms with Crippen LogP contribution in [-0.2, 0) is 6.42 Å². The highest BCUT2D eigenvalue weighted by molar-refractivity contribution is 7.99. The van der Waals surface area contributed by atoms with Gasteiger partial charge in [0.2, 0.25) is 0 Å². The van der Waals surface area contributed by atoms with Crippen LogP contribution in [0.15, 0.2) is 24.3 Å². The number of nitrogens with one attached hydrogen (secondary N) is 1. The quantitative estimate of drug-likeness (QED) is 0.711. The van der Waals surface area contributed by atoms with Gasteiger partial charge < -0.3 is 5.32 Å². The molecule has 0 amide bonds. The molecule has 1 unspecified atom stereocenters. The van der Waals surface area contributed by atoms with Gasteiger partial charge in [-0.2, -0.15) is 11.8 Å². The minimum atomic E-state index is 0.589. The number of rotatable bonds is 8. The van der Waals surface area contributed by atoms with Gasteiger partial charge in [-0.15, -0.1) is 0 Å². The third-order valence-corrected chi connectivity index (χ3v) is 4.54. The van der Waals surface area contributed by atoms with Crippen molar-refractivity contribution in [3.63, 3.8) is 0 Å². The molecule has 1 N–H and O–H groups in total. The van der Waals surface area contributed by atoms with Gasteiger partial charge in [-0.05, 0) is 42.7 Å². The molecule has 1 rings (SSSR count). The first-order valence-corrected chi connectivity index (χ1v) is 8.16. The molecule has 0 saturated carbocycles. The van der Waals surface area contributed by atoms with E-state index in [0.29, 0.717) is 12.0 Å². The maximum absolute atomic E-state index is 3.43. The number of thioether (sulfide) groups is 1. The fraction of sp³-hybridized carbons (Fsp3) is 0.625. The SMILES string of the molecule is CCCSCC(Cc1ccc(C(C)C)cc1)NC. The van der Waals surface area contributed by atoms with Crippen molar-refractivity contribution in [1.82, 2.24) is 5.32 Å². The van der Waals surface area contributed by atoms with Crippen LogP contribution in [0.1, 0.15) is 44.2 Å². The Morgan fingerprint density at radius 3 is 2.33 bits per heavy atom. The van der Waals surface area contributed by atoms with Crippen molar-refractivity contribution < 1.29 is 0 Å². The van der Waals surface area contributed by atoms with E-state index in [2.05, 4.69) is 69.2 Å². The Morgan fingerprint density at radius 2 is 1.83 bits per heavy atom. The van der Waals surface area contributed by atoms with E-state index in [-0.39, 0.29) is 0 Å². The topological polar surface area (TPSA) is 12.0 Å². The zero-order chi connectivity index (χ0) is 13.4. The van der Waals surface area contributed by atoms with Crippen molar-refractivity contribution in [2.45, 2.75) is 45.6 Å². The Labute approximate surface area is 117 Å². The Morgan fingerprint density at radius 1 is 1.17 bits per heavy atom. The van der Waals surface area contributed by atoms with Crippen LogP contribution >= 0.6 is 11.8 Å². The number of benzene rings is 1. The lowest BCUT2D eigenvalue weighted by atomic mass is 9.99. The fourth-order valence-electron chi connectivity index (χ4n) is 1.94. The molecule has 102 valence electrons. The van der Waals surface area contributed by atoms with Gasteiger partial charge in [0.1, 0.15) is 0 Å². The lowest BCUT2D eigenvalue weighted by Gasteiger charge is -2.16. The highest BCUT2D eigenvalue weighted by Gasteiger charge is 2.07. The van der Waals surface area contributed by atoms with Gasteiger partial charge in [0, 0.05) is 11.8 Å². The van der Waals surface area contributed by atoms with Crippen molar-refractivity contribution in [2.75, 3.05) is 18.6 Å². The van der Waals surface area contributed by atoms with Gasteiger partial charge in [0.15, 0.2) is 0 Å². The number of likely N-dealkylation sites (N-methyl/N-ethyl adjacent to an activating group) is 1. The predicted molar refractivity (Wildman–Crippen MR) is 84.7 cm³/mol. The van der Waals surface area contributed by atoms with Crippen molar-refractivity contribution in [2.24, 2.45) is 0 Å². The molecular formula is C16H27NS. The minimum absolute atomic E-state index is 0.589. The van der Waals surface area contributed by atoms with Crippen molar-refractivity contribution >= 4 is 11.8 Å². The van der Waals surface area contributed by atoms with E-state index in [9.17, 15) is 0 Å². The van der Waals surface area contributed by atoms with Crippen LogP contribution in [0.5, 0.6) is 0 Å². The molecule has 2 heteroatoms. The average molecular weight is 265 g/mol. The van der Waals surface area contributed by atoms with Gasteiger partial charge in [0.05, 0.1) is 0 Å². The first kappa shape index (κ1) is 15.6. The fourth-order valence-corrected chi connectivity index (χ4v) is 2.96. The summed E-state index contributed by atoms with van der Waals surface area (Å²) in [6.07, 6.45) is 2.40. The molecule has 0 aromatic heterocycles. The molecular weight excluding hydrogens is 238 g/mol. The summed E-state index contributed by atoms with van der Waals surface area (Å²) in [6.45, 7) is 6.73. The highest BCUT2D eigenvalue weighted by Crippen LogP contribution is 2.16. The first-order valence-electron chi connectivity index (χ1n) is 7.01. The molecule has 1 nitrogen and oxygen atoms in total. The normalized spacial score (nSPS) is 12.9. The summed E-state index contributed by atoms with van der Waals surface area (Å²) >= 11 is 2.05. The molecule has 0 spiro atoms. The number of hydrogen-bond donors (Lipinski definition) is 1. The third-order valence-electron chi connectivity index (χ3n) is 3.20. The van der Waals surface area contributed by atoms with E-state index in [4.69, 9.17) is 0 Å². The standard InChI is InChI=1S/C16H27NS/c1-5-10-18-12-16(17-4)11-14-6-8-15(9-7-14)13(2)3/h6-9,13,16-17H,5,10-12H2,1-4H3. The predicted octanol–water partition coefficient (Wildman–Crippen LogP) is 4.08. The molecule has 0 heterocycles. The summed E-state index contributed by atoms with van der Waals surface area (Å²) in [6, 6.07) is 9.69. The Kier molecular flexibility index (Phi) is 7.45. The second kappa shape index (κ2) is 8.60. The molecule has 0 bridgehead atoms. The van der Waals surface area contributed by atoms with Crippen LogP contribution in [0.25, 0.3) is 0 Å². The van der Waals surface area contributed by atoms with E-state index in [0.717, 1.165) is 6.42 Å². The zero-order valence-corrected chi connectivity index (χ0v) is 13.0. The second-order valence-corrected chi connectivity index (χ2v) is 6.31. The van der Waals surface area contributed by atoms with Crippen LogP contribution in [0, 0.1) is 0 Å². The average Bonchev–Trinajstić information content (AvgIpc) is 2.38. The van der Waals surface area contributed by atoms with Crippen molar-refractivity contribution in [1.29, 1.82) is 0 Å². The summed E-state index contributed by atoms with van der Waals surface area (Å²) in [5.74, 6) is 3.10. The summed E-state index contributed by atoms with van der Waals surface area (Å²) in [5, 5.41) is 3.43. The largest absolute Gasteiger partial charge is 0.316 e. The molecule has 1 atom stereocenters. The van der Waals surface area contributed by atoms with E-state index in [1.807, 2.05) is 0 Å². The molecule has 0 aliphatic carbocycles. The molecule has 0 radical (unpaired) electrons. The van der Waals surface area contributed by atoms with Crippen LogP contribution < -0.4 is 5.32 Å². The van der Waals surface area contributed by atoms with E-state index in [1.165, 1.54) is 29.1 Å². The summed E-state index contributed by atoms with van der Waals surface area (Å²) in [4.78, 5) is 0. The number of hydrogen-bond acceptors (Lipinski definition) is 2. The molecule has 0 aliphatic heterocycles. The molecule has 0 aliphatic rings. The van der Waals surface area contributed by atoms with Crippen LogP contribution in [0.4, 0.5) is 0 Å². The summed E-state index contributed by atoms with van der Waals surface area (Å²) < 4.78 is 0. The molecule has 0 saturated heterocycles. The first-order chi connectivity index (χ1) is 8.67. The molecule has 0 fully saturated rings. The zero-order valence-electron chi connectivity index (χ0n) is 12.2. The van der Waals surface area contributed by atoms with Crippen molar-refractivity contribution in [3.8, 4) is 0 Å². The van der Waals surface area contributed by atoms with Crippen LogP contribution in [-0.4, -0.2) is 24.6 Å². The van der Waals surface area contributed by atoms with Gasteiger partial charge in [0.25, 0.3) is 0 Å². The monoisotopic (exact) mass is 265 g/mol. The van der Waals surface area contributed by atoms with E-state index in [1.54, 1.807) is 0 Å². The molecule has 18 heavy (non-hydrogen) atoms. The van der Waals surface area contributed by atoms with Gasteiger partial charge in [-0.1, -0.05) is 45.0 Å². The maximum atomic E-state index is 3.43. The Bertz CT molecular complexity index is 318. The minimum Gasteiger partial charge on any atom is -0.316 e. The van der Waals surface area contributed by atoms with E-state index < -0.39 is 0 Å². The highest BCUT2D eigenvalue weighted by atomic mass is 32.2. The van der Waals surface area contributed by atoms with Crippen LogP contribution in [0.3, 0.4) is 0 Å². The Hall–Kier alpha value is -0.470. The van der Waals surface area contributed by atoms with Gasteiger partial charge in [-0.25, -0.2) is 0 Å². The van der Waals surface area contributed by atoms with Gasteiger partial charge >= 0.3 is 0 Å². The lowest BCUT2D eigenvalue weighted by molar-refractivity contribution is 0.617. The molecule has 1 aromatic carbocycles. The van der Waals surface area contributed by atoms with E-state index >= 15 is 0 Å². The summed E-state index contributed by atoms with van der Waals surface area (Å²) in [7, 11) is 2.07. The third kappa shape index (κ3) is 5.45. The smallest absolute Gasteiger partial charge is 0.0195 e. The lowest BCUT2D eigenvalue weighted by Crippen LogP contribution is -2.30. The second-order valence-electron chi connectivity index (χ2n) is 5.16. The van der Waals surface area contributed by atoms with Gasteiger partial charge in [-0.3, -0.25) is 0 Å². The van der Waals surface area contributed by atoms with Crippen molar-refractivity contribution in [3.05, 3.63) is 35.4 Å². The molecule has 1 aromatic rings. The summed E-state index contributed by atoms with van der Waals surface area (Å²) in [5.41, 5.74) is 2.87. The van der Waals surface area contributed by atoms with Crippen LogP contribution in [0.2, 0.25) is 0 Å². The maximum Gasteiger partial charge on any atom is 0.0195 e.